The van der Waals surface area contributed by atoms with Crippen molar-refractivity contribution in [2.24, 2.45) is 5.41 Å². The van der Waals surface area contributed by atoms with Gasteiger partial charge in [-0.1, -0.05) is 34.0 Å². The molecule has 4 heterocycles. The van der Waals surface area contributed by atoms with Crippen LogP contribution in [-0.2, 0) is 6.54 Å². The van der Waals surface area contributed by atoms with Crippen LogP contribution in [0.3, 0.4) is 0 Å². The van der Waals surface area contributed by atoms with Crippen molar-refractivity contribution in [2.45, 2.75) is 31.7 Å². The first-order chi connectivity index (χ1) is 15.2. The molecule has 0 radical (unpaired) electrons. The summed E-state index contributed by atoms with van der Waals surface area (Å²) in [7, 11) is 0. The summed E-state index contributed by atoms with van der Waals surface area (Å²) in [6.07, 6.45) is 4.88. The van der Waals surface area contributed by atoms with Crippen LogP contribution in [0.4, 0.5) is 0 Å². The number of aromatic nitrogens is 4. The highest BCUT2D eigenvalue weighted by molar-refractivity contribution is 6.30. The Labute approximate surface area is 183 Å². The van der Waals surface area contributed by atoms with Crippen LogP contribution in [-0.4, -0.2) is 38.3 Å². The van der Waals surface area contributed by atoms with Gasteiger partial charge in [0.15, 0.2) is 5.76 Å². The molecule has 1 unspecified atom stereocenters. The molecule has 9 heteroatoms. The summed E-state index contributed by atoms with van der Waals surface area (Å²) < 4.78 is 16.3. The Balaban J connectivity index is 1.07. The summed E-state index contributed by atoms with van der Waals surface area (Å²) in [5.41, 5.74) is 1.14. The zero-order chi connectivity index (χ0) is 20.8. The second-order valence-corrected chi connectivity index (χ2v) is 8.79. The third-order valence-electron chi connectivity index (χ3n) is 6.43. The van der Waals surface area contributed by atoms with E-state index in [0.29, 0.717) is 40.8 Å². The van der Waals surface area contributed by atoms with E-state index in [0.717, 1.165) is 43.8 Å². The van der Waals surface area contributed by atoms with Crippen LogP contribution in [0.5, 0.6) is 0 Å². The summed E-state index contributed by atoms with van der Waals surface area (Å²) >= 11 is 6.08. The number of benzene rings is 1. The van der Waals surface area contributed by atoms with Gasteiger partial charge in [-0.05, 0) is 62.0 Å². The summed E-state index contributed by atoms with van der Waals surface area (Å²) in [5, 5.41) is 8.84. The average Bonchev–Trinajstić information content (AvgIpc) is 3.30. The maximum absolute atomic E-state index is 6.08. The van der Waals surface area contributed by atoms with Crippen LogP contribution in [0, 0.1) is 5.41 Å². The molecule has 1 saturated heterocycles. The Kier molecular flexibility index (Phi) is 4.43. The molecule has 1 aliphatic heterocycles. The molecule has 1 aliphatic carbocycles. The van der Waals surface area contributed by atoms with Crippen LogP contribution < -0.4 is 0 Å². The topological polar surface area (TPSA) is 94.2 Å². The number of hydrogen-bond donors (Lipinski definition) is 0. The third-order valence-corrected chi connectivity index (χ3v) is 6.67. The standard InChI is InChI=1S/C22H20ClN5O3/c23-15-4-1-3-14(11-15)19-25-21(31-26-19)16-12-22(16)6-8-28(9-7-22)13-18-24-20(27-30-18)17-5-2-10-29-17/h1-5,10-11,16H,6-9,12-13H2. The first-order valence-corrected chi connectivity index (χ1v) is 10.7. The molecule has 1 atom stereocenters. The number of hydrogen-bond acceptors (Lipinski definition) is 8. The number of rotatable bonds is 5. The minimum absolute atomic E-state index is 0.267. The van der Waals surface area contributed by atoms with Crippen molar-refractivity contribution in [2.75, 3.05) is 13.1 Å². The van der Waals surface area contributed by atoms with Gasteiger partial charge in [-0.3, -0.25) is 4.90 Å². The molecule has 0 amide bonds. The molecule has 3 aromatic heterocycles. The van der Waals surface area contributed by atoms with E-state index in [4.69, 9.17) is 25.1 Å². The maximum Gasteiger partial charge on any atom is 0.241 e. The predicted octanol–water partition coefficient (Wildman–Crippen LogP) is 4.80. The highest BCUT2D eigenvalue weighted by Gasteiger charge is 2.58. The normalized spacial score (nSPS) is 20.4. The van der Waals surface area contributed by atoms with Gasteiger partial charge in [0.2, 0.25) is 23.4 Å². The lowest BCUT2D eigenvalue weighted by atomic mass is 9.91. The molecular weight excluding hydrogens is 418 g/mol. The molecule has 1 saturated carbocycles. The van der Waals surface area contributed by atoms with Gasteiger partial charge in [0.1, 0.15) is 0 Å². The van der Waals surface area contributed by atoms with Crippen molar-refractivity contribution < 1.29 is 13.5 Å². The lowest BCUT2D eigenvalue weighted by Crippen LogP contribution is -2.34. The van der Waals surface area contributed by atoms with Gasteiger partial charge in [-0.25, -0.2) is 0 Å². The van der Waals surface area contributed by atoms with E-state index in [9.17, 15) is 0 Å². The number of nitrogens with zero attached hydrogens (tertiary/aromatic N) is 5. The summed E-state index contributed by atoms with van der Waals surface area (Å²) in [4.78, 5) is 11.5. The molecule has 4 aromatic rings. The fourth-order valence-electron chi connectivity index (χ4n) is 4.54. The summed E-state index contributed by atoms with van der Waals surface area (Å²) in [6, 6.07) is 11.2. The van der Waals surface area contributed by atoms with Gasteiger partial charge in [0.25, 0.3) is 0 Å². The molecule has 0 bridgehead atoms. The number of halogens is 1. The largest absolute Gasteiger partial charge is 0.461 e. The fourth-order valence-corrected chi connectivity index (χ4v) is 4.73. The fraction of sp³-hybridized carbons (Fsp3) is 0.364. The van der Waals surface area contributed by atoms with Gasteiger partial charge in [0.05, 0.1) is 12.8 Å². The Hall–Kier alpha value is -2.97. The predicted molar refractivity (Wildman–Crippen MR) is 111 cm³/mol. The quantitative estimate of drug-likeness (QED) is 0.439. The molecule has 1 spiro atoms. The Morgan fingerprint density at radius 2 is 1.90 bits per heavy atom. The monoisotopic (exact) mass is 437 g/mol. The number of furan rings is 1. The maximum atomic E-state index is 6.08. The average molecular weight is 438 g/mol. The highest BCUT2D eigenvalue weighted by Crippen LogP contribution is 2.64. The van der Waals surface area contributed by atoms with Crippen molar-refractivity contribution >= 4 is 11.6 Å². The van der Waals surface area contributed by atoms with Crippen molar-refractivity contribution in [3.05, 3.63) is 59.5 Å². The van der Waals surface area contributed by atoms with Crippen LogP contribution in [0.15, 0.2) is 56.1 Å². The molecule has 6 rings (SSSR count). The summed E-state index contributed by atoms with van der Waals surface area (Å²) in [5.74, 6) is 3.39. The lowest BCUT2D eigenvalue weighted by Gasteiger charge is -2.31. The Morgan fingerprint density at radius 1 is 1.03 bits per heavy atom. The molecule has 158 valence electrons. The summed E-state index contributed by atoms with van der Waals surface area (Å²) in [6.45, 7) is 2.60. The van der Waals surface area contributed by atoms with E-state index < -0.39 is 0 Å². The second-order valence-electron chi connectivity index (χ2n) is 8.35. The van der Waals surface area contributed by atoms with E-state index in [1.54, 1.807) is 6.26 Å². The van der Waals surface area contributed by atoms with Crippen molar-refractivity contribution in [3.8, 4) is 23.0 Å². The number of likely N-dealkylation sites (tertiary alicyclic amines) is 1. The van der Waals surface area contributed by atoms with Crippen molar-refractivity contribution in [1.29, 1.82) is 0 Å². The molecular formula is C22H20ClN5O3. The zero-order valence-electron chi connectivity index (χ0n) is 16.7. The smallest absolute Gasteiger partial charge is 0.241 e. The molecule has 31 heavy (non-hydrogen) atoms. The van der Waals surface area contributed by atoms with Gasteiger partial charge in [0, 0.05) is 16.5 Å². The minimum atomic E-state index is 0.267. The van der Waals surface area contributed by atoms with Crippen LogP contribution >= 0.6 is 11.6 Å². The Morgan fingerprint density at radius 3 is 2.71 bits per heavy atom. The Bertz CT molecular complexity index is 1190. The SMILES string of the molecule is Clc1cccc(-c2noc(C3CC34CCN(Cc3nc(-c5ccco5)no3)CC4)n2)c1. The minimum Gasteiger partial charge on any atom is -0.461 e. The van der Waals surface area contributed by atoms with Gasteiger partial charge in [-0.15, -0.1) is 0 Å². The van der Waals surface area contributed by atoms with E-state index in [-0.39, 0.29) is 5.41 Å². The van der Waals surface area contributed by atoms with Crippen molar-refractivity contribution in [3.63, 3.8) is 0 Å². The lowest BCUT2D eigenvalue weighted by molar-refractivity contribution is 0.144. The van der Waals surface area contributed by atoms with Gasteiger partial charge in [-0.2, -0.15) is 9.97 Å². The van der Waals surface area contributed by atoms with Gasteiger partial charge >= 0.3 is 0 Å². The van der Waals surface area contributed by atoms with E-state index in [1.807, 2.05) is 36.4 Å². The molecule has 2 aliphatic rings. The van der Waals surface area contributed by atoms with Crippen LogP contribution in [0.25, 0.3) is 23.0 Å². The highest BCUT2D eigenvalue weighted by atomic mass is 35.5. The van der Waals surface area contributed by atoms with Crippen molar-refractivity contribution in [1.82, 2.24) is 25.2 Å². The molecule has 1 aromatic carbocycles. The van der Waals surface area contributed by atoms with E-state index in [2.05, 4.69) is 25.2 Å². The molecule has 8 nitrogen and oxygen atoms in total. The van der Waals surface area contributed by atoms with E-state index in [1.165, 1.54) is 0 Å². The van der Waals surface area contributed by atoms with E-state index >= 15 is 0 Å². The first-order valence-electron chi connectivity index (χ1n) is 10.4. The third kappa shape index (κ3) is 3.55. The second kappa shape index (κ2) is 7.32. The van der Waals surface area contributed by atoms with Gasteiger partial charge < -0.3 is 13.5 Å². The van der Waals surface area contributed by atoms with Crippen LogP contribution in [0.1, 0.15) is 37.0 Å². The van der Waals surface area contributed by atoms with Crippen LogP contribution in [0.2, 0.25) is 5.02 Å². The number of piperidine rings is 1. The first kappa shape index (κ1) is 18.8. The zero-order valence-corrected chi connectivity index (χ0v) is 17.5. The molecule has 0 N–H and O–H groups in total. The molecule has 2 fully saturated rings.